The van der Waals surface area contributed by atoms with Crippen molar-refractivity contribution >= 4 is 39.5 Å². The topological polar surface area (TPSA) is 237 Å². The molecule has 0 aliphatic rings. The fourth-order valence-corrected chi connectivity index (χ4v) is 12.0. The summed E-state index contributed by atoms with van der Waals surface area (Å²) < 4.78 is 68.5. The van der Waals surface area contributed by atoms with Gasteiger partial charge in [0.1, 0.15) is 19.3 Å². The Balaban J connectivity index is 5.40. The second-order valence-corrected chi connectivity index (χ2v) is 29.2. The summed E-state index contributed by atoms with van der Waals surface area (Å²) in [6.45, 7) is 4.73. The van der Waals surface area contributed by atoms with E-state index < -0.39 is 97.5 Å². The Labute approximate surface area is 607 Å². The molecule has 0 saturated heterocycles. The first-order valence-electron chi connectivity index (χ1n) is 39.5. The summed E-state index contributed by atoms with van der Waals surface area (Å²) in [5.74, 6) is -2.25. The van der Waals surface area contributed by atoms with Crippen LogP contribution in [0, 0.1) is 0 Å². The van der Waals surface area contributed by atoms with Crippen LogP contribution in [0.25, 0.3) is 0 Å². The van der Waals surface area contributed by atoms with Gasteiger partial charge in [-0.15, -0.1) is 0 Å². The number of esters is 4. The van der Waals surface area contributed by atoms with Gasteiger partial charge in [-0.3, -0.25) is 37.3 Å². The lowest BCUT2D eigenvalue weighted by Gasteiger charge is -2.21. The van der Waals surface area contributed by atoms with Crippen LogP contribution in [-0.4, -0.2) is 96.7 Å². The molecule has 19 heteroatoms. The first-order valence-corrected chi connectivity index (χ1v) is 42.5. The molecule has 0 heterocycles. The van der Waals surface area contributed by atoms with Gasteiger partial charge in [-0.05, 0) is 128 Å². The summed E-state index contributed by atoms with van der Waals surface area (Å²) in [4.78, 5) is 72.9. The Morgan fingerprint density at radius 1 is 0.280 bits per heavy atom. The first-order chi connectivity index (χ1) is 48.7. The number of ether oxygens (including phenoxy) is 4. The summed E-state index contributed by atoms with van der Waals surface area (Å²) in [5.41, 5.74) is 0. The fraction of sp³-hybridized carbons (Fsp3) is 0.753. The van der Waals surface area contributed by atoms with Crippen molar-refractivity contribution in [2.24, 2.45) is 0 Å². The highest BCUT2D eigenvalue weighted by molar-refractivity contribution is 7.47. The maximum absolute atomic E-state index is 13.1. The molecule has 0 aromatic rings. The molecule has 0 rings (SSSR count). The summed E-state index contributed by atoms with van der Waals surface area (Å²) in [5, 5.41) is 10.6. The lowest BCUT2D eigenvalue weighted by molar-refractivity contribution is -0.161. The standard InChI is InChI=1S/C81H142O17P2/c1-5-9-13-17-21-25-29-33-36-37-40-43-46-50-54-58-62-66-79(84)92-71-76(97-80(85)67-63-59-55-51-47-41-32-28-24-20-16-12-8-4)73-95-99(87,88)93-69-75(82)70-94-100(89,90)96-74-77(98-81(86)68-64-60-56-52-48-44-39-35-31-27-23-19-15-11-7-3)72-91-78(83)65-61-57-53-49-45-42-38-34-30-26-22-18-14-10-6-2/h21-23,25-27,33-36,38-40,43,50,54,75-77,82H,5-20,24,28-32,37,41-42,44-49,51-53,55-74H2,1-4H3,(H,87,88)(H,89,90)/b25-21-,26-22-,27-23-,36-33-,38-34-,39-35-,43-40-,54-50-/t75-,76-,77-/m1/s1. The van der Waals surface area contributed by atoms with Gasteiger partial charge in [0.15, 0.2) is 12.2 Å². The van der Waals surface area contributed by atoms with Crippen molar-refractivity contribution in [2.45, 2.75) is 354 Å². The normalized spacial score (nSPS) is 14.4. The molecule has 100 heavy (non-hydrogen) atoms. The lowest BCUT2D eigenvalue weighted by Crippen LogP contribution is -2.30. The minimum absolute atomic E-state index is 0.0753. The Hall–Kier alpha value is -4.02. The molecule has 5 atom stereocenters. The minimum atomic E-state index is -4.98. The molecule has 0 fully saturated rings. The van der Waals surface area contributed by atoms with E-state index in [1.54, 1.807) is 0 Å². The molecular formula is C81H142O17P2. The van der Waals surface area contributed by atoms with Gasteiger partial charge < -0.3 is 33.8 Å². The van der Waals surface area contributed by atoms with Gasteiger partial charge in [0, 0.05) is 25.7 Å². The predicted molar refractivity (Wildman–Crippen MR) is 409 cm³/mol. The molecule has 0 radical (unpaired) electrons. The average Bonchev–Trinajstić information content (AvgIpc) is 0.965. The van der Waals surface area contributed by atoms with Crippen molar-refractivity contribution in [1.29, 1.82) is 0 Å². The highest BCUT2D eigenvalue weighted by Gasteiger charge is 2.30. The van der Waals surface area contributed by atoms with E-state index in [2.05, 4.69) is 113 Å². The zero-order valence-corrected chi connectivity index (χ0v) is 64.9. The van der Waals surface area contributed by atoms with Crippen molar-refractivity contribution < 1.29 is 80.2 Å². The third-order valence-corrected chi connectivity index (χ3v) is 18.4. The molecule has 0 spiro atoms. The number of phosphoric acid groups is 2. The maximum Gasteiger partial charge on any atom is 0.472 e. The highest BCUT2D eigenvalue weighted by atomic mass is 31.2. The van der Waals surface area contributed by atoms with E-state index in [9.17, 15) is 43.2 Å². The Morgan fingerprint density at radius 3 is 0.810 bits per heavy atom. The number of allylic oxidation sites excluding steroid dienone is 16. The summed E-state index contributed by atoms with van der Waals surface area (Å²) >= 11 is 0. The molecule has 0 aromatic carbocycles. The van der Waals surface area contributed by atoms with Crippen LogP contribution in [0.4, 0.5) is 0 Å². The number of unbranched alkanes of at least 4 members (excludes halogenated alkanes) is 32. The van der Waals surface area contributed by atoms with Gasteiger partial charge in [0.05, 0.1) is 26.4 Å². The van der Waals surface area contributed by atoms with Crippen molar-refractivity contribution in [2.75, 3.05) is 39.6 Å². The Bertz CT molecular complexity index is 2270. The molecule has 17 nitrogen and oxygen atoms in total. The van der Waals surface area contributed by atoms with E-state index in [1.165, 1.54) is 109 Å². The highest BCUT2D eigenvalue weighted by Crippen LogP contribution is 2.45. The van der Waals surface area contributed by atoms with Crippen molar-refractivity contribution in [3.8, 4) is 0 Å². The largest absolute Gasteiger partial charge is 0.472 e. The molecule has 0 saturated carbocycles. The summed E-state index contributed by atoms with van der Waals surface area (Å²) in [6, 6.07) is 0. The molecule has 0 bridgehead atoms. The monoisotopic (exact) mass is 1450 g/mol. The third kappa shape index (κ3) is 72.3. The number of phosphoric ester groups is 2. The minimum Gasteiger partial charge on any atom is -0.462 e. The molecule has 0 aliphatic carbocycles. The van der Waals surface area contributed by atoms with E-state index >= 15 is 0 Å². The van der Waals surface area contributed by atoms with Crippen LogP contribution in [0.5, 0.6) is 0 Å². The number of aliphatic hydroxyl groups excluding tert-OH is 1. The van der Waals surface area contributed by atoms with E-state index in [0.717, 1.165) is 141 Å². The van der Waals surface area contributed by atoms with Crippen molar-refractivity contribution in [1.82, 2.24) is 0 Å². The smallest absolute Gasteiger partial charge is 0.462 e. The number of carbonyl (C=O) groups excluding carboxylic acids is 4. The average molecular weight is 1450 g/mol. The van der Waals surface area contributed by atoms with Gasteiger partial charge in [0.25, 0.3) is 0 Å². The Morgan fingerprint density at radius 2 is 0.500 bits per heavy atom. The Kier molecular flexibility index (Phi) is 70.4. The zero-order valence-electron chi connectivity index (χ0n) is 63.1. The first kappa shape index (κ1) is 96.0. The second kappa shape index (κ2) is 73.3. The van der Waals surface area contributed by atoms with Crippen LogP contribution >= 0.6 is 15.6 Å². The van der Waals surface area contributed by atoms with E-state index in [1.807, 2.05) is 12.2 Å². The van der Waals surface area contributed by atoms with Crippen LogP contribution in [0.2, 0.25) is 0 Å². The van der Waals surface area contributed by atoms with E-state index in [-0.39, 0.29) is 25.7 Å². The van der Waals surface area contributed by atoms with Crippen LogP contribution in [0.1, 0.15) is 336 Å². The van der Waals surface area contributed by atoms with Crippen LogP contribution in [-0.2, 0) is 65.4 Å². The summed E-state index contributed by atoms with van der Waals surface area (Å²) in [7, 11) is -9.97. The molecule has 0 amide bonds. The maximum atomic E-state index is 13.1. The quantitative estimate of drug-likeness (QED) is 0.0169. The number of rotatable bonds is 74. The van der Waals surface area contributed by atoms with Crippen LogP contribution in [0.15, 0.2) is 97.2 Å². The lowest BCUT2D eigenvalue weighted by atomic mass is 10.0. The van der Waals surface area contributed by atoms with Gasteiger partial charge in [0.2, 0.25) is 0 Å². The number of aliphatic hydroxyl groups is 1. The van der Waals surface area contributed by atoms with Gasteiger partial charge >= 0.3 is 39.5 Å². The number of hydrogen-bond donors (Lipinski definition) is 3. The SMILES string of the molecule is CCCCC/C=C\C/C=C\C/C=C\C/C=C\CCCC(=O)OC[C@H](COP(=O)(O)OC[C@@H](O)COP(=O)(O)OC[C@@H](COC(=O)CCCCCCC/C=C\C/C=C\CCCCC)OC(=O)CCCCCCC/C=C\C/C=C\CCCCC)OC(=O)CCCCCCCCCCCCCCC. The zero-order chi connectivity index (χ0) is 73.2. The van der Waals surface area contributed by atoms with Crippen molar-refractivity contribution in [3.63, 3.8) is 0 Å². The van der Waals surface area contributed by atoms with Gasteiger partial charge in [-0.1, -0.05) is 279 Å². The summed E-state index contributed by atoms with van der Waals surface area (Å²) in [6.07, 6.45) is 76.8. The molecule has 2 unspecified atom stereocenters. The molecule has 0 aromatic heterocycles. The molecule has 0 aliphatic heterocycles. The van der Waals surface area contributed by atoms with Crippen LogP contribution < -0.4 is 0 Å². The predicted octanol–water partition coefficient (Wildman–Crippen LogP) is 22.8. The van der Waals surface area contributed by atoms with Crippen LogP contribution in [0.3, 0.4) is 0 Å². The second-order valence-electron chi connectivity index (χ2n) is 26.3. The number of carbonyl (C=O) groups is 4. The number of hydrogen-bond acceptors (Lipinski definition) is 15. The molecule has 578 valence electrons. The molecular weight excluding hydrogens is 1310 g/mol. The van der Waals surface area contributed by atoms with Crippen molar-refractivity contribution in [3.05, 3.63) is 97.2 Å². The van der Waals surface area contributed by atoms with E-state index in [4.69, 9.17) is 37.0 Å². The van der Waals surface area contributed by atoms with Gasteiger partial charge in [-0.25, -0.2) is 9.13 Å². The fourth-order valence-electron chi connectivity index (χ4n) is 10.4. The third-order valence-electron chi connectivity index (χ3n) is 16.5. The van der Waals surface area contributed by atoms with Gasteiger partial charge in [-0.2, -0.15) is 0 Å². The molecule has 3 N–H and O–H groups in total. The van der Waals surface area contributed by atoms with E-state index in [0.29, 0.717) is 32.1 Å².